The predicted octanol–water partition coefficient (Wildman–Crippen LogP) is 3.30. The van der Waals surface area contributed by atoms with Gasteiger partial charge >= 0.3 is 0 Å². The summed E-state index contributed by atoms with van der Waals surface area (Å²) in [6.07, 6.45) is 4.50. The van der Waals surface area contributed by atoms with Crippen LogP contribution in [0, 0.1) is 0 Å². The van der Waals surface area contributed by atoms with Crippen LogP contribution < -0.4 is 15.8 Å². The van der Waals surface area contributed by atoms with E-state index in [9.17, 15) is 9.59 Å². The Morgan fingerprint density at radius 2 is 1.86 bits per heavy atom. The van der Waals surface area contributed by atoms with Gasteiger partial charge in [-0.2, -0.15) is 5.10 Å². The molecule has 0 aliphatic heterocycles. The van der Waals surface area contributed by atoms with Crippen molar-refractivity contribution in [3.05, 3.63) is 58.6 Å². The summed E-state index contributed by atoms with van der Waals surface area (Å²) in [7, 11) is 3.80. The number of anilines is 2. The number of hydrogen-bond donors (Lipinski definition) is 1. The fourth-order valence-corrected chi connectivity index (χ4v) is 2.98. The number of nitrogens with one attached hydrogen (secondary N) is 1. The lowest BCUT2D eigenvalue weighted by Crippen LogP contribution is -2.27. The summed E-state index contributed by atoms with van der Waals surface area (Å²) in [5.74, 6) is 0.436. The van der Waals surface area contributed by atoms with Gasteiger partial charge in [0.1, 0.15) is 5.82 Å². The number of hydrogen-bond acceptors (Lipinski definition) is 5. The minimum Gasteiger partial charge on any atom is -0.363 e. The monoisotopic (exact) mass is 379 g/mol. The smallest absolute Gasteiger partial charge is 0.276 e. The van der Waals surface area contributed by atoms with E-state index in [2.05, 4.69) is 22.3 Å². The van der Waals surface area contributed by atoms with Crippen molar-refractivity contribution in [3.8, 4) is 0 Å². The number of carbonyl (C=O) groups is 1. The lowest BCUT2D eigenvalue weighted by molar-refractivity contribution is 0.102. The molecule has 0 atom stereocenters. The van der Waals surface area contributed by atoms with Crippen molar-refractivity contribution in [1.29, 1.82) is 0 Å². The molecule has 146 valence electrons. The molecule has 3 rings (SSSR count). The van der Waals surface area contributed by atoms with E-state index in [0.717, 1.165) is 25.1 Å². The summed E-state index contributed by atoms with van der Waals surface area (Å²) in [6, 6.07) is 10.7. The number of pyridine rings is 1. The van der Waals surface area contributed by atoms with Gasteiger partial charge in [0.25, 0.3) is 11.5 Å². The molecule has 0 spiro atoms. The molecule has 0 unspecified atom stereocenters. The molecule has 7 heteroatoms. The second kappa shape index (κ2) is 8.65. The van der Waals surface area contributed by atoms with Crippen LogP contribution in [0.1, 0.15) is 36.7 Å². The predicted molar refractivity (Wildman–Crippen MR) is 112 cm³/mol. The summed E-state index contributed by atoms with van der Waals surface area (Å²) in [6.45, 7) is 2.60. The highest BCUT2D eigenvalue weighted by molar-refractivity contribution is 6.11. The fraction of sp³-hybridized carbons (Fsp3) is 0.333. The highest BCUT2D eigenvalue weighted by atomic mass is 16.2. The van der Waals surface area contributed by atoms with Crippen LogP contribution in [0.25, 0.3) is 10.8 Å². The first-order valence-corrected chi connectivity index (χ1v) is 9.46. The highest BCUT2D eigenvalue weighted by Gasteiger charge is 2.17. The average Bonchev–Trinajstić information content (AvgIpc) is 2.70. The summed E-state index contributed by atoms with van der Waals surface area (Å²) < 4.78 is 1.40. The van der Waals surface area contributed by atoms with Gasteiger partial charge in [0.15, 0.2) is 5.69 Å². The van der Waals surface area contributed by atoms with Crippen molar-refractivity contribution in [2.24, 2.45) is 0 Å². The van der Waals surface area contributed by atoms with Crippen molar-refractivity contribution >= 4 is 28.2 Å². The molecule has 0 fully saturated rings. The van der Waals surface area contributed by atoms with Crippen LogP contribution in [0.4, 0.5) is 11.5 Å². The Labute approximate surface area is 164 Å². The molecular formula is C21H25N5O2. The zero-order valence-electron chi connectivity index (χ0n) is 16.5. The first kappa shape index (κ1) is 19.5. The molecule has 3 aromatic rings. The van der Waals surface area contributed by atoms with Gasteiger partial charge in [-0.15, -0.1) is 0 Å². The molecule has 0 bridgehead atoms. The molecular weight excluding hydrogens is 354 g/mol. The SMILES string of the molecule is CCCCCn1nc(C(=O)Nc2ccc(N(C)C)nc2)c2ccccc2c1=O. The number of aromatic nitrogens is 3. The number of unbranched alkanes of at least 4 members (excludes halogenated alkanes) is 2. The van der Waals surface area contributed by atoms with Crippen molar-refractivity contribution < 1.29 is 4.79 Å². The second-order valence-corrected chi connectivity index (χ2v) is 6.88. The van der Waals surface area contributed by atoms with E-state index in [0.29, 0.717) is 23.0 Å². The van der Waals surface area contributed by atoms with Gasteiger partial charge in [-0.1, -0.05) is 38.0 Å². The largest absolute Gasteiger partial charge is 0.363 e. The number of amides is 1. The molecule has 0 radical (unpaired) electrons. The van der Waals surface area contributed by atoms with E-state index in [1.54, 1.807) is 36.5 Å². The molecule has 0 saturated heterocycles. The van der Waals surface area contributed by atoms with E-state index >= 15 is 0 Å². The lowest BCUT2D eigenvalue weighted by atomic mass is 10.1. The van der Waals surface area contributed by atoms with Crippen LogP contribution >= 0.6 is 0 Å². The topological polar surface area (TPSA) is 80.1 Å². The number of benzene rings is 1. The van der Waals surface area contributed by atoms with Crippen LogP contribution in [-0.4, -0.2) is 34.8 Å². The Morgan fingerprint density at radius 3 is 2.50 bits per heavy atom. The fourth-order valence-electron chi connectivity index (χ4n) is 2.98. The van der Waals surface area contributed by atoms with Gasteiger partial charge < -0.3 is 10.2 Å². The number of aryl methyl sites for hydroxylation is 1. The first-order valence-electron chi connectivity index (χ1n) is 9.46. The second-order valence-electron chi connectivity index (χ2n) is 6.88. The molecule has 1 amide bonds. The highest BCUT2D eigenvalue weighted by Crippen LogP contribution is 2.17. The summed E-state index contributed by atoms with van der Waals surface area (Å²) in [4.78, 5) is 31.8. The quantitative estimate of drug-likeness (QED) is 0.637. The minimum absolute atomic E-state index is 0.166. The summed E-state index contributed by atoms with van der Waals surface area (Å²) in [5, 5.41) is 8.26. The molecule has 0 aliphatic carbocycles. The van der Waals surface area contributed by atoms with Crippen LogP contribution in [-0.2, 0) is 6.54 Å². The number of carbonyl (C=O) groups excluding carboxylic acids is 1. The van der Waals surface area contributed by atoms with E-state index < -0.39 is 0 Å². The third-order valence-electron chi connectivity index (χ3n) is 4.52. The third-order valence-corrected chi connectivity index (χ3v) is 4.52. The maximum absolute atomic E-state index is 12.9. The molecule has 0 saturated carbocycles. The Morgan fingerprint density at radius 1 is 1.11 bits per heavy atom. The van der Waals surface area contributed by atoms with E-state index in [4.69, 9.17) is 0 Å². The van der Waals surface area contributed by atoms with Gasteiger partial charge in [-0.05, 0) is 24.6 Å². The van der Waals surface area contributed by atoms with Crippen LogP contribution in [0.5, 0.6) is 0 Å². The maximum atomic E-state index is 12.9. The summed E-state index contributed by atoms with van der Waals surface area (Å²) in [5.41, 5.74) is 0.647. The number of fused-ring (bicyclic) bond motifs is 1. The molecule has 28 heavy (non-hydrogen) atoms. The minimum atomic E-state index is -0.361. The van der Waals surface area contributed by atoms with Gasteiger partial charge in [0.2, 0.25) is 0 Å². The van der Waals surface area contributed by atoms with Gasteiger partial charge in [-0.3, -0.25) is 9.59 Å². The van der Waals surface area contributed by atoms with Crippen molar-refractivity contribution in [2.75, 3.05) is 24.3 Å². The van der Waals surface area contributed by atoms with Crippen molar-refractivity contribution in [2.45, 2.75) is 32.7 Å². The van der Waals surface area contributed by atoms with Crippen LogP contribution in [0.2, 0.25) is 0 Å². The van der Waals surface area contributed by atoms with Gasteiger partial charge in [0, 0.05) is 26.0 Å². The van der Waals surface area contributed by atoms with E-state index in [1.165, 1.54) is 4.68 Å². The standard InChI is InChI=1S/C21H25N5O2/c1-4-5-8-13-26-21(28)17-10-7-6-9-16(17)19(24-26)20(27)23-15-11-12-18(22-14-15)25(2)3/h6-7,9-12,14H,4-5,8,13H2,1-3H3,(H,23,27). The van der Waals surface area contributed by atoms with Gasteiger partial charge in [0.05, 0.1) is 17.3 Å². The van der Waals surface area contributed by atoms with Crippen molar-refractivity contribution in [1.82, 2.24) is 14.8 Å². The Bertz CT molecular complexity index is 1030. The van der Waals surface area contributed by atoms with Gasteiger partial charge in [-0.25, -0.2) is 9.67 Å². The Kier molecular flexibility index (Phi) is 6.03. The molecule has 2 aromatic heterocycles. The zero-order valence-corrected chi connectivity index (χ0v) is 16.5. The maximum Gasteiger partial charge on any atom is 0.276 e. The number of rotatable bonds is 7. The molecule has 1 aromatic carbocycles. The lowest BCUT2D eigenvalue weighted by Gasteiger charge is -2.13. The molecule has 2 heterocycles. The Balaban J connectivity index is 1.95. The summed E-state index contributed by atoms with van der Waals surface area (Å²) >= 11 is 0. The van der Waals surface area contributed by atoms with Crippen LogP contribution in [0.3, 0.4) is 0 Å². The molecule has 7 nitrogen and oxygen atoms in total. The third kappa shape index (κ3) is 4.19. The zero-order chi connectivity index (χ0) is 20.1. The molecule has 1 N–H and O–H groups in total. The normalized spacial score (nSPS) is 10.8. The van der Waals surface area contributed by atoms with Crippen molar-refractivity contribution in [3.63, 3.8) is 0 Å². The van der Waals surface area contributed by atoms with E-state index in [-0.39, 0.29) is 17.2 Å². The first-order chi connectivity index (χ1) is 13.5. The average molecular weight is 379 g/mol. The van der Waals surface area contributed by atoms with Crippen LogP contribution in [0.15, 0.2) is 47.4 Å². The molecule has 0 aliphatic rings. The number of nitrogens with zero attached hydrogens (tertiary/aromatic N) is 4. The van der Waals surface area contributed by atoms with E-state index in [1.807, 2.05) is 25.1 Å². The Hall–Kier alpha value is -3.22.